The third-order valence-corrected chi connectivity index (χ3v) is 10.0. The summed E-state index contributed by atoms with van der Waals surface area (Å²) >= 11 is 1.11. The molecule has 0 saturated carbocycles. The van der Waals surface area contributed by atoms with E-state index in [1.54, 1.807) is 18.2 Å². The minimum absolute atomic E-state index is 0.289. The van der Waals surface area contributed by atoms with Crippen LogP contribution in [0.4, 0.5) is 17.6 Å². The molecule has 2 N–H and O–H groups in total. The SMILES string of the molecule is C=CC(=CC=CCC1=CC(F)C(C2(C)CS(=O)(=O)C(C)(CC(F)(F)F)C(N)=N2)S1)c1nnco1. The Kier molecular flexibility index (Phi) is 7.19. The fourth-order valence-corrected chi connectivity index (χ4v) is 7.37. The molecule has 186 valence electrons. The van der Waals surface area contributed by atoms with Crippen molar-refractivity contribution < 1.29 is 30.4 Å². The summed E-state index contributed by atoms with van der Waals surface area (Å²) in [4.78, 5) is 4.77. The van der Waals surface area contributed by atoms with Crippen LogP contribution in [0.5, 0.6) is 0 Å². The van der Waals surface area contributed by atoms with E-state index >= 15 is 0 Å². The van der Waals surface area contributed by atoms with Gasteiger partial charge in [-0.2, -0.15) is 13.2 Å². The predicted molar refractivity (Wildman–Crippen MR) is 123 cm³/mol. The highest BCUT2D eigenvalue weighted by molar-refractivity contribution is 8.04. The maximum Gasteiger partial charge on any atom is 0.391 e. The van der Waals surface area contributed by atoms with Crippen LogP contribution in [0.15, 0.2) is 57.7 Å². The van der Waals surface area contributed by atoms with Crippen molar-refractivity contribution in [3.8, 4) is 0 Å². The van der Waals surface area contributed by atoms with Gasteiger partial charge in [-0.05, 0) is 37.3 Å². The summed E-state index contributed by atoms with van der Waals surface area (Å²) in [6.07, 6.45) is 1.62. The number of nitrogens with two attached hydrogens (primary N) is 1. The van der Waals surface area contributed by atoms with E-state index in [1.807, 2.05) is 0 Å². The van der Waals surface area contributed by atoms with Crippen LogP contribution in [0.1, 0.15) is 32.6 Å². The van der Waals surface area contributed by atoms with Crippen LogP contribution in [0, 0.1) is 0 Å². The fourth-order valence-electron chi connectivity index (χ4n) is 3.86. The molecule has 2 aliphatic heterocycles. The van der Waals surface area contributed by atoms with Crippen molar-refractivity contribution in [2.24, 2.45) is 10.7 Å². The highest BCUT2D eigenvalue weighted by Crippen LogP contribution is 2.47. The number of hydrogen-bond acceptors (Lipinski definition) is 8. The van der Waals surface area contributed by atoms with Crippen LogP contribution < -0.4 is 5.73 Å². The predicted octanol–water partition coefficient (Wildman–Crippen LogP) is 4.18. The number of sulfone groups is 1. The van der Waals surface area contributed by atoms with E-state index in [-0.39, 0.29) is 5.89 Å². The number of rotatable bonds is 7. The fraction of sp³-hybridized carbons (Fsp3) is 0.476. The van der Waals surface area contributed by atoms with Crippen LogP contribution in [-0.2, 0) is 9.84 Å². The molecule has 3 rings (SSSR count). The zero-order valence-corrected chi connectivity index (χ0v) is 20.1. The van der Waals surface area contributed by atoms with Gasteiger partial charge in [0.05, 0.1) is 23.0 Å². The van der Waals surface area contributed by atoms with Crippen molar-refractivity contribution in [3.63, 3.8) is 0 Å². The Morgan fingerprint density at radius 1 is 1.41 bits per heavy atom. The topological polar surface area (TPSA) is 111 Å². The molecule has 0 radical (unpaired) electrons. The van der Waals surface area contributed by atoms with E-state index in [0.29, 0.717) is 16.9 Å². The molecular weight excluding hydrogens is 496 g/mol. The Balaban J connectivity index is 1.75. The Labute approximate surface area is 198 Å². The normalized spacial score (nSPS) is 32.0. The van der Waals surface area contributed by atoms with Crippen molar-refractivity contribution >= 4 is 33.0 Å². The summed E-state index contributed by atoms with van der Waals surface area (Å²) in [6, 6.07) is 0. The molecule has 4 atom stereocenters. The molecule has 0 saturated heterocycles. The molecule has 0 amide bonds. The number of nitrogens with zero attached hydrogens (tertiary/aromatic N) is 3. The highest BCUT2D eigenvalue weighted by atomic mass is 32.2. The lowest BCUT2D eigenvalue weighted by molar-refractivity contribution is -0.137. The molecular formula is C21H24F4N4O3S2. The van der Waals surface area contributed by atoms with Gasteiger partial charge in [-0.15, -0.1) is 22.0 Å². The molecule has 4 unspecified atom stereocenters. The highest BCUT2D eigenvalue weighted by Gasteiger charge is 2.58. The van der Waals surface area contributed by atoms with Crippen molar-refractivity contribution in [2.75, 3.05) is 5.75 Å². The first-order valence-corrected chi connectivity index (χ1v) is 12.7. The molecule has 0 spiro atoms. The Hall–Kier alpha value is -2.41. The Bertz CT molecular complexity index is 1160. The van der Waals surface area contributed by atoms with Crippen LogP contribution in [-0.4, -0.2) is 58.1 Å². The lowest BCUT2D eigenvalue weighted by atomic mass is 9.95. The van der Waals surface area contributed by atoms with Gasteiger partial charge in [0, 0.05) is 5.57 Å². The summed E-state index contributed by atoms with van der Waals surface area (Å²) in [7, 11) is -4.38. The zero-order chi connectivity index (χ0) is 25.4. The first kappa shape index (κ1) is 26.2. The van der Waals surface area contributed by atoms with Gasteiger partial charge in [0.15, 0.2) is 9.84 Å². The lowest BCUT2D eigenvalue weighted by Crippen LogP contribution is -2.61. The molecule has 0 aromatic carbocycles. The smallest absolute Gasteiger partial charge is 0.391 e. The number of allylic oxidation sites excluding steroid dienone is 7. The zero-order valence-electron chi connectivity index (χ0n) is 18.4. The molecule has 34 heavy (non-hydrogen) atoms. The first-order chi connectivity index (χ1) is 15.7. The van der Waals surface area contributed by atoms with Crippen LogP contribution in [0.25, 0.3) is 5.57 Å². The molecule has 1 aromatic heterocycles. The summed E-state index contributed by atoms with van der Waals surface area (Å²) in [6.45, 7) is 5.99. The molecule has 0 fully saturated rings. The van der Waals surface area contributed by atoms with E-state index in [0.717, 1.165) is 18.7 Å². The van der Waals surface area contributed by atoms with Gasteiger partial charge >= 0.3 is 6.18 Å². The van der Waals surface area contributed by atoms with Crippen molar-refractivity contribution in [1.29, 1.82) is 0 Å². The van der Waals surface area contributed by atoms with Gasteiger partial charge in [-0.1, -0.05) is 24.8 Å². The standard InChI is InChI=1S/C21H24F4N4O3S2/c1-4-13(17-29-27-12-32-17)7-5-6-8-14-9-15(22)16(33-14)19(2)11-34(30,31)20(3,18(26)28-19)10-21(23,24)25/h4-7,9,12,15-16H,1,8,10-11H2,2-3H3,(H2,26,28). The third-order valence-electron chi connectivity index (χ3n) is 5.71. The minimum atomic E-state index is -4.76. The van der Waals surface area contributed by atoms with Gasteiger partial charge in [-0.3, -0.25) is 4.99 Å². The summed E-state index contributed by atoms with van der Waals surface area (Å²) in [5.74, 6) is -1.10. The number of aliphatic imine (C=N–C) groups is 1. The van der Waals surface area contributed by atoms with E-state index < -0.39 is 55.7 Å². The molecule has 0 aliphatic carbocycles. The Morgan fingerprint density at radius 3 is 2.68 bits per heavy atom. The quantitative estimate of drug-likeness (QED) is 0.424. The number of aromatic nitrogens is 2. The summed E-state index contributed by atoms with van der Waals surface area (Å²) in [5.41, 5.74) is 4.85. The molecule has 0 bridgehead atoms. The average Bonchev–Trinajstić information content (AvgIpc) is 3.35. The number of thioether (sulfide) groups is 1. The maximum absolute atomic E-state index is 14.9. The molecule has 3 heterocycles. The van der Waals surface area contributed by atoms with Gasteiger partial charge in [0.2, 0.25) is 12.3 Å². The van der Waals surface area contributed by atoms with E-state index in [9.17, 15) is 26.0 Å². The van der Waals surface area contributed by atoms with E-state index in [1.165, 1.54) is 25.5 Å². The van der Waals surface area contributed by atoms with E-state index in [4.69, 9.17) is 10.2 Å². The van der Waals surface area contributed by atoms with Gasteiger partial charge in [-0.25, -0.2) is 12.8 Å². The second-order valence-electron chi connectivity index (χ2n) is 8.45. The first-order valence-electron chi connectivity index (χ1n) is 10.1. The molecule has 7 nitrogen and oxygen atoms in total. The third kappa shape index (κ3) is 5.29. The summed E-state index contributed by atoms with van der Waals surface area (Å²) < 4.78 is 82.5. The van der Waals surface area contributed by atoms with Gasteiger partial charge in [0.1, 0.15) is 16.8 Å². The van der Waals surface area contributed by atoms with Gasteiger partial charge < -0.3 is 10.2 Å². The molecule has 2 aliphatic rings. The molecule has 1 aromatic rings. The number of hydrogen-bond donors (Lipinski definition) is 1. The van der Waals surface area contributed by atoms with Crippen LogP contribution in [0.2, 0.25) is 0 Å². The van der Waals surface area contributed by atoms with Crippen LogP contribution >= 0.6 is 11.8 Å². The monoisotopic (exact) mass is 520 g/mol. The second kappa shape index (κ2) is 9.33. The lowest BCUT2D eigenvalue weighted by Gasteiger charge is -2.42. The Morgan fingerprint density at radius 2 is 2.12 bits per heavy atom. The number of amidine groups is 1. The van der Waals surface area contributed by atoms with Crippen molar-refractivity contribution in [2.45, 2.75) is 54.6 Å². The number of halogens is 4. The second-order valence-corrected chi connectivity index (χ2v) is 12.1. The largest absolute Gasteiger partial charge is 0.423 e. The van der Waals surface area contributed by atoms with Gasteiger partial charge in [0.25, 0.3) is 0 Å². The maximum atomic E-state index is 14.9. The van der Waals surface area contributed by atoms with Crippen LogP contribution in [0.3, 0.4) is 0 Å². The summed E-state index contributed by atoms with van der Waals surface area (Å²) in [5, 5.41) is 6.42. The number of alkyl halides is 4. The van der Waals surface area contributed by atoms with Crippen molar-refractivity contribution in [3.05, 3.63) is 54.1 Å². The molecule has 13 heteroatoms. The van der Waals surface area contributed by atoms with E-state index in [2.05, 4.69) is 21.8 Å². The minimum Gasteiger partial charge on any atom is -0.423 e. The van der Waals surface area contributed by atoms with Crippen molar-refractivity contribution in [1.82, 2.24) is 10.2 Å². The average molecular weight is 521 g/mol.